The molecule has 0 amide bonds. The van der Waals surface area contributed by atoms with E-state index in [4.69, 9.17) is 0 Å². The van der Waals surface area contributed by atoms with Crippen molar-refractivity contribution in [2.45, 2.75) is 19.2 Å². The van der Waals surface area contributed by atoms with Crippen LogP contribution in [0.4, 0.5) is 0 Å². The molecule has 1 aromatic carbocycles. The predicted molar refractivity (Wildman–Crippen MR) is 51.0 cm³/mol. The van der Waals surface area contributed by atoms with Crippen molar-refractivity contribution >= 4 is 9.84 Å². The van der Waals surface area contributed by atoms with Crippen molar-refractivity contribution in [3.05, 3.63) is 29.8 Å². The number of benzene rings is 1. The maximum atomic E-state index is 11.1. The molecule has 0 fully saturated rings. The van der Waals surface area contributed by atoms with Gasteiger partial charge in [-0.15, -0.1) is 0 Å². The highest BCUT2D eigenvalue weighted by Gasteiger charge is 2.07. The monoisotopic (exact) mass is 186 g/mol. The van der Waals surface area contributed by atoms with Gasteiger partial charge in [0.25, 0.3) is 0 Å². The van der Waals surface area contributed by atoms with Crippen LogP contribution in [0, 0.1) is 6.92 Å². The third-order valence-electron chi connectivity index (χ3n) is 1.49. The van der Waals surface area contributed by atoms with E-state index in [2.05, 4.69) is 0 Å². The number of hydrogen-bond donors (Lipinski definition) is 0. The van der Waals surface area contributed by atoms with Crippen molar-refractivity contribution in [1.29, 1.82) is 0 Å². The van der Waals surface area contributed by atoms with E-state index in [9.17, 15) is 8.42 Å². The number of sulfone groups is 1. The lowest BCUT2D eigenvalue weighted by atomic mass is 10.2. The van der Waals surface area contributed by atoms with Gasteiger partial charge in [0.15, 0.2) is 9.84 Å². The summed E-state index contributed by atoms with van der Waals surface area (Å²) >= 11 is 0. The van der Waals surface area contributed by atoms with Crippen molar-refractivity contribution < 1.29 is 8.42 Å². The normalized spacial score (nSPS) is 10.5. The Morgan fingerprint density at radius 3 is 2.00 bits per heavy atom. The van der Waals surface area contributed by atoms with E-state index in [0.717, 1.165) is 5.56 Å². The second kappa shape index (κ2) is 3.72. The quantitative estimate of drug-likeness (QED) is 0.672. The standard InChI is InChI=1S/C8H10O2S.CH4/c1-7-5-3-4-6-8(7)11(2,9)10;/h3-6H,1-2H3;1H4. The molecule has 0 radical (unpaired) electrons. The molecule has 0 aromatic heterocycles. The summed E-state index contributed by atoms with van der Waals surface area (Å²) in [4.78, 5) is 0.417. The lowest BCUT2D eigenvalue weighted by molar-refractivity contribution is 0.601. The lowest BCUT2D eigenvalue weighted by Gasteiger charge is -2.00. The van der Waals surface area contributed by atoms with Gasteiger partial charge in [0.2, 0.25) is 0 Å². The lowest BCUT2D eigenvalue weighted by Crippen LogP contribution is -1.98. The van der Waals surface area contributed by atoms with E-state index in [0.29, 0.717) is 4.90 Å². The van der Waals surface area contributed by atoms with Crippen LogP contribution in [-0.4, -0.2) is 14.7 Å². The molecule has 0 saturated heterocycles. The van der Waals surface area contributed by atoms with Gasteiger partial charge in [-0.25, -0.2) is 8.42 Å². The zero-order valence-corrected chi connectivity index (χ0v) is 7.35. The molecule has 0 N–H and O–H groups in total. The molecular weight excluding hydrogens is 172 g/mol. The Bertz CT molecular complexity index is 353. The summed E-state index contributed by atoms with van der Waals surface area (Å²) < 4.78 is 22.1. The van der Waals surface area contributed by atoms with Gasteiger partial charge >= 0.3 is 0 Å². The van der Waals surface area contributed by atoms with Crippen LogP contribution < -0.4 is 0 Å². The zero-order chi connectivity index (χ0) is 8.48. The Kier molecular flexibility index (Phi) is 3.46. The van der Waals surface area contributed by atoms with Crippen molar-refractivity contribution in [1.82, 2.24) is 0 Å². The second-order valence-corrected chi connectivity index (χ2v) is 4.52. The minimum atomic E-state index is -3.03. The summed E-state index contributed by atoms with van der Waals surface area (Å²) in [6, 6.07) is 6.95. The van der Waals surface area contributed by atoms with Gasteiger partial charge in [-0.05, 0) is 18.6 Å². The first-order valence-electron chi connectivity index (χ1n) is 3.27. The van der Waals surface area contributed by atoms with E-state index >= 15 is 0 Å². The first-order chi connectivity index (χ1) is 5.02. The van der Waals surface area contributed by atoms with Crippen molar-refractivity contribution in [2.75, 3.05) is 6.26 Å². The largest absolute Gasteiger partial charge is 0.224 e. The smallest absolute Gasteiger partial charge is 0.175 e. The number of hydrogen-bond acceptors (Lipinski definition) is 2. The summed E-state index contributed by atoms with van der Waals surface area (Å²) in [5.41, 5.74) is 0.801. The van der Waals surface area contributed by atoms with Crippen LogP contribution in [0.1, 0.15) is 13.0 Å². The molecule has 12 heavy (non-hydrogen) atoms. The number of rotatable bonds is 1. The first kappa shape index (κ1) is 11.2. The van der Waals surface area contributed by atoms with Crippen molar-refractivity contribution in [3.8, 4) is 0 Å². The number of aryl methyl sites for hydroxylation is 1. The topological polar surface area (TPSA) is 34.1 Å². The molecular formula is C9H14O2S. The molecule has 1 rings (SSSR count). The molecule has 0 saturated carbocycles. The van der Waals surface area contributed by atoms with Gasteiger partial charge in [0.05, 0.1) is 4.90 Å². The average Bonchev–Trinajstić information content (AvgIpc) is 1.86. The van der Waals surface area contributed by atoms with Crippen LogP contribution in [0.5, 0.6) is 0 Å². The molecule has 2 nitrogen and oxygen atoms in total. The molecule has 0 aliphatic rings. The molecule has 0 aliphatic carbocycles. The van der Waals surface area contributed by atoms with Crippen molar-refractivity contribution in [3.63, 3.8) is 0 Å². The molecule has 0 spiro atoms. The van der Waals surface area contributed by atoms with Gasteiger partial charge in [-0.3, -0.25) is 0 Å². The molecule has 1 aromatic rings. The van der Waals surface area contributed by atoms with Crippen LogP contribution in [0.2, 0.25) is 0 Å². The maximum Gasteiger partial charge on any atom is 0.175 e. The molecule has 0 atom stereocenters. The minimum absolute atomic E-state index is 0. The van der Waals surface area contributed by atoms with Gasteiger partial charge in [0.1, 0.15) is 0 Å². The minimum Gasteiger partial charge on any atom is -0.224 e. The molecule has 0 heterocycles. The Morgan fingerprint density at radius 2 is 1.67 bits per heavy atom. The highest BCUT2D eigenvalue weighted by Crippen LogP contribution is 2.12. The molecule has 0 unspecified atom stereocenters. The van der Waals surface area contributed by atoms with Gasteiger partial charge < -0.3 is 0 Å². The fourth-order valence-electron chi connectivity index (χ4n) is 0.972. The van der Waals surface area contributed by atoms with Crippen LogP contribution in [-0.2, 0) is 9.84 Å². The van der Waals surface area contributed by atoms with Crippen LogP contribution in [0.25, 0.3) is 0 Å². The summed E-state index contributed by atoms with van der Waals surface area (Å²) in [5, 5.41) is 0. The van der Waals surface area contributed by atoms with Gasteiger partial charge in [-0.1, -0.05) is 25.6 Å². The first-order valence-corrected chi connectivity index (χ1v) is 5.16. The zero-order valence-electron chi connectivity index (χ0n) is 6.53. The molecule has 3 heteroatoms. The summed E-state index contributed by atoms with van der Waals surface area (Å²) in [6.07, 6.45) is 1.22. The van der Waals surface area contributed by atoms with Crippen molar-refractivity contribution in [2.24, 2.45) is 0 Å². The van der Waals surface area contributed by atoms with Crippen LogP contribution >= 0.6 is 0 Å². The fraction of sp³-hybridized carbons (Fsp3) is 0.333. The van der Waals surface area contributed by atoms with E-state index in [1.165, 1.54) is 6.26 Å². The fourth-order valence-corrected chi connectivity index (χ4v) is 1.95. The van der Waals surface area contributed by atoms with E-state index in [1.807, 2.05) is 6.07 Å². The highest BCUT2D eigenvalue weighted by molar-refractivity contribution is 7.90. The Balaban J connectivity index is 0.00000121. The third kappa shape index (κ3) is 2.34. The van der Waals surface area contributed by atoms with Crippen LogP contribution in [0.15, 0.2) is 29.2 Å². The Hall–Kier alpha value is -0.830. The molecule has 68 valence electrons. The van der Waals surface area contributed by atoms with Gasteiger partial charge in [-0.2, -0.15) is 0 Å². The summed E-state index contributed by atoms with van der Waals surface area (Å²) in [5.74, 6) is 0. The molecule has 0 bridgehead atoms. The summed E-state index contributed by atoms with van der Waals surface area (Å²) in [7, 11) is -3.03. The van der Waals surface area contributed by atoms with E-state index in [-0.39, 0.29) is 7.43 Å². The highest BCUT2D eigenvalue weighted by atomic mass is 32.2. The summed E-state index contributed by atoms with van der Waals surface area (Å²) in [6.45, 7) is 1.79. The average molecular weight is 186 g/mol. The van der Waals surface area contributed by atoms with Gasteiger partial charge in [0, 0.05) is 6.26 Å². The Morgan fingerprint density at radius 1 is 1.17 bits per heavy atom. The van der Waals surface area contributed by atoms with E-state index < -0.39 is 9.84 Å². The Labute approximate surface area is 74.2 Å². The third-order valence-corrected chi connectivity index (χ3v) is 2.75. The SMILES string of the molecule is C.Cc1ccccc1S(C)(=O)=O. The predicted octanol–water partition coefficient (Wildman–Crippen LogP) is 2.03. The molecule has 0 aliphatic heterocycles. The van der Waals surface area contributed by atoms with Crippen LogP contribution in [0.3, 0.4) is 0 Å². The maximum absolute atomic E-state index is 11.1. The second-order valence-electron chi connectivity index (χ2n) is 2.54. The van der Waals surface area contributed by atoms with E-state index in [1.54, 1.807) is 25.1 Å².